The molecule has 0 atom stereocenters. The second-order valence-electron chi connectivity index (χ2n) is 4.14. The Morgan fingerprint density at radius 3 is 2.71 bits per heavy atom. The molecular weight excluding hydrogens is 263 g/mol. The van der Waals surface area contributed by atoms with Gasteiger partial charge in [-0.15, -0.1) is 0 Å². The molecule has 0 aromatic carbocycles. The summed E-state index contributed by atoms with van der Waals surface area (Å²) in [5, 5.41) is 3.17. The van der Waals surface area contributed by atoms with Crippen LogP contribution in [0.3, 0.4) is 0 Å². The number of hydrogen-bond acceptors (Lipinski definition) is 3. The molecule has 17 heavy (non-hydrogen) atoms. The molecule has 0 spiro atoms. The fraction of sp³-hybridized carbons (Fsp3) is 0.455. The van der Waals surface area contributed by atoms with E-state index in [-0.39, 0.29) is 16.1 Å². The fourth-order valence-electron chi connectivity index (χ4n) is 1.01. The topological polar surface area (TPSA) is 51.2 Å². The van der Waals surface area contributed by atoms with Gasteiger partial charge in [0.2, 0.25) is 0 Å². The van der Waals surface area contributed by atoms with Gasteiger partial charge in [0, 0.05) is 19.9 Å². The molecule has 6 heteroatoms. The summed E-state index contributed by atoms with van der Waals surface area (Å²) in [7, 11) is 1.59. The summed E-state index contributed by atoms with van der Waals surface area (Å²) >= 11 is 11.4. The van der Waals surface area contributed by atoms with E-state index in [1.165, 1.54) is 12.3 Å². The Balaban J connectivity index is 2.68. The zero-order valence-electron chi connectivity index (χ0n) is 9.88. The largest absolute Gasteiger partial charge is 0.377 e. The molecule has 0 saturated carbocycles. The van der Waals surface area contributed by atoms with Crippen molar-refractivity contribution in [3.05, 3.63) is 28.0 Å². The average molecular weight is 277 g/mol. The standard InChI is InChI=1S/C11H14Cl2N2O2/c1-11(2,17-3)6-15-10(16)7-4-8(12)9(13)14-5-7/h4-5H,6H2,1-3H3,(H,15,16). The quantitative estimate of drug-likeness (QED) is 0.860. The van der Waals surface area contributed by atoms with Gasteiger partial charge in [0.25, 0.3) is 5.91 Å². The SMILES string of the molecule is COC(C)(C)CNC(=O)c1cnc(Cl)c(Cl)c1. The van der Waals surface area contributed by atoms with Gasteiger partial charge in [-0.05, 0) is 19.9 Å². The number of carbonyl (C=O) groups is 1. The highest BCUT2D eigenvalue weighted by molar-refractivity contribution is 6.41. The molecule has 94 valence electrons. The van der Waals surface area contributed by atoms with Crippen LogP contribution in [-0.2, 0) is 4.74 Å². The second kappa shape index (κ2) is 5.67. The lowest BCUT2D eigenvalue weighted by molar-refractivity contribution is 0.0228. The number of hydrogen-bond donors (Lipinski definition) is 1. The molecule has 1 amide bonds. The van der Waals surface area contributed by atoms with E-state index in [0.29, 0.717) is 12.1 Å². The van der Waals surface area contributed by atoms with Crippen molar-refractivity contribution in [1.29, 1.82) is 0 Å². The number of nitrogens with zero attached hydrogens (tertiary/aromatic N) is 1. The molecule has 1 N–H and O–H groups in total. The molecule has 1 aromatic heterocycles. The first kappa shape index (κ1) is 14.2. The third-order valence-corrected chi connectivity index (χ3v) is 2.97. The van der Waals surface area contributed by atoms with Crippen molar-refractivity contribution in [3.8, 4) is 0 Å². The van der Waals surface area contributed by atoms with Crippen molar-refractivity contribution >= 4 is 29.1 Å². The zero-order valence-corrected chi connectivity index (χ0v) is 11.4. The summed E-state index contributed by atoms with van der Waals surface area (Å²) in [4.78, 5) is 15.6. The summed E-state index contributed by atoms with van der Waals surface area (Å²) in [6.45, 7) is 4.14. The van der Waals surface area contributed by atoms with Crippen LogP contribution in [0.5, 0.6) is 0 Å². The van der Waals surface area contributed by atoms with Crippen LogP contribution in [0.4, 0.5) is 0 Å². The Morgan fingerprint density at radius 2 is 2.18 bits per heavy atom. The number of carbonyl (C=O) groups excluding carboxylic acids is 1. The van der Waals surface area contributed by atoms with E-state index in [1.54, 1.807) is 7.11 Å². The Kier molecular flexibility index (Phi) is 4.74. The van der Waals surface area contributed by atoms with E-state index in [2.05, 4.69) is 10.3 Å². The molecule has 0 saturated heterocycles. The molecule has 0 bridgehead atoms. The number of methoxy groups -OCH3 is 1. The minimum atomic E-state index is -0.417. The number of halogens is 2. The predicted octanol–water partition coefficient (Wildman–Crippen LogP) is 2.54. The molecule has 0 unspecified atom stereocenters. The van der Waals surface area contributed by atoms with Crippen LogP contribution in [0.25, 0.3) is 0 Å². The highest BCUT2D eigenvalue weighted by atomic mass is 35.5. The first-order valence-electron chi connectivity index (χ1n) is 5.00. The van der Waals surface area contributed by atoms with E-state index in [4.69, 9.17) is 27.9 Å². The fourth-order valence-corrected chi connectivity index (χ4v) is 1.28. The lowest BCUT2D eigenvalue weighted by Crippen LogP contribution is -2.39. The number of nitrogens with one attached hydrogen (secondary N) is 1. The van der Waals surface area contributed by atoms with E-state index in [0.717, 1.165) is 0 Å². The Bertz CT molecular complexity index is 422. The maximum Gasteiger partial charge on any atom is 0.253 e. The van der Waals surface area contributed by atoms with Crippen molar-refractivity contribution in [2.45, 2.75) is 19.4 Å². The van der Waals surface area contributed by atoms with Gasteiger partial charge in [0.15, 0.2) is 0 Å². The third kappa shape index (κ3) is 4.15. The van der Waals surface area contributed by atoms with Crippen LogP contribution in [-0.4, -0.2) is 30.1 Å². The molecule has 1 aromatic rings. The number of ether oxygens (including phenoxy) is 1. The molecular formula is C11H14Cl2N2O2. The maximum absolute atomic E-state index is 11.8. The van der Waals surface area contributed by atoms with Gasteiger partial charge < -0.3 is 10.1 Å². The van der Waals surface area contributed by atoms with Crippen molar-refractivity contribution in [2.75, 3.05) is 13.7 Å². The summed E-state index contributed by atoms with van der Waals surface area (Å²) in [5.74, 6) is -0.263. The molecule has 0 radical (unpaired) electrons. The van der Waals surface area contributed by atoms with Crippen LogP contribution in [0.1, 0.15) is 24.2 Å². The Hall–Kier alpha value is -0.840. The lowest BCUT2D eigenvalue weighted by Gasteiger charge is -2.23. The van der Waals surface area contributed by atoms with Gasteiger partial charge in [-0.1, -0.05) is 23.2 Å². The summed E-state index contributed by atoms with van der Waals surface area (Å²) in [6.07, 6.45) is 1.38. The number of amides is 1. The molecule has 0 fully saturated rings. The lowest BCUT2D eigenvalue weighted by atomic mass is 10.1. The highest BCUT2D eigenvalue weighted by Crippen LogP contribution is 2.19. The van der Waals surface area contributed by atoms with E-state index >= 15 is 0 Å². The van der Waals surface area contributed by atoms with Crippen molar-refractivity contribution in [2.24, 2.45) is 0 Å². The maximum atomic E-state index is 11.8. The van der Waals surface area contributed by atoms with E-state index in [1.807, 2.05) is 13.8 Å². The second-order valence-corrected chi connectivity index (χ2v) is 4.91. The van der Waals surface area contributed by atoms with Crippen molar-refractivity contribution in [3.63, 3.8) is 0 Å². The summed E-state index contributed by atoms with van der Waals surface area (Å²) < 4.78 is 5.19. The van der Waals surface area contributed by atoms with Gasteiger partial charge in [-0.25, -0.2) is 4.98 Å². The molecule has 0 aliphatic carbocycles. The Labute approximate surface area is 110 Å². The molecule has 1 rings (SSSR count). The smallest absolute Gasteiger partial charge is 0.253 e. The van der Waals surface area contributed by atoms with Gasteiger partial charge in [-0.3, -0.25) is 4.79 Å². The van der Waals surface area contributed by atoms with Crippen LogP contribution in [0.15, 0.2) is 12.3 Å². The van der Waals surface area contributed by atoms with Crippen LogP contribution < -0.4 is 5.32 Å². The minimum absolute atomic E-state index is 0.181. The molecule has 0 aliphatic rings. The first-order valence-corrected chi connectivity index (χ1v) is 5.76. The van der Waals surface area contributed by atoms with E-state index < -0.39 is 5.60 Å². The average Bonchev–Trinajstić information content (AvgIpc) is 2.30. The molecule has 4 nitrogen and oxygen atoms in total. The molecule has 1 heterocycles. The van der Waals surface area contributed by atoms with E-state index in [9.17, 15) is 4.79 Å². The number of pyridine rings is 1. The number of rotatable bonds is 4. The van der Waals surface area contributed by atoms with Gasteiger partial charge in [0.05, 0.1) is 16.2 Å². The zero-order chi connectivity index (χ0) is 13.1. The van der Waals surface area contributed by atoms with Gasteiger partial charge >= 0.3 is 0 Å². The third-order valence-electron chi connectivity index (χ3n) is 2.29. The summed E-state index contributed by atoms with van der Waals surface area (Å²) in [5.41, 5.74) is -0.0504. The normalized spacial score (nSPS) is 11.4. The van der Waals surface area contributed by atoms with Crippen molar-refractivity contribution < 1.29 is 9.53 Å². The van der Waals surface area contributed by atoms with Gasteiger partial charge in [0.1, 0.15) is 5.15 Å². The summed E-state index contributed by atoms with van der Waals surface area (Å²) in [6, 6.07) is 1.48. The minimum Gasteiger partial charge on any atom is -0.377 e. The van der Waals surface area contributed by atoms with Gasteiger partial charge in [-0.2, -0.15) is 0 Å². The Morgan fingerprint density at radius 1 is 1.53 bits per heavy atom. The van der Waals surface area contributed by atoms with Crippen LogP contribution in [0, 0.1) is 0 Å². The first-order chi connectivity index (χ1) is 7.85. The molecule has 0 aliphatic heterocycles. The monoisotopic (exact) mass is 276 g/mol. The number of aromatic nitrogens is 1. The van der Waals surface area contributed by atoms with Crippen LogP contribution in [0.2, 0.25) is 10.2 Å². The predicted molar refractivity (Wildman–Crippen MR) is 67.7 cm³/mol. The van der Waals surface area contributed by atoms with Crippen molar-refractivity contribution in [1.82, 2.24) is 10.3 Å². The highest BCUT2D eigenvalue weighted by Gasteiger charge is 2.18. The van der Waals surface area contributed by atoms with Crippen LogP contribution >= 0.6 is 23.2 Å².